The largest absolute Gasteiger partial charge is 0.480 e. The van der Waals surface area contributed by atoms with Crippen molar-refractivity contribution >= 4 is 35.1 Å². The summed E-state index contributed by atoms with van der Waals surface area (Å²) in [6, 6.07) is -0.123. The molecular weight excluding hydrogens is 419 g/mol. The zero-order valence-electron chi connectivity index (χ0n) is 16.4. The predicted octanol–water partition coefficient (Wildman–Crippen LogP) is -1.63. The first-order valence-corrected chi connectivity index (χ1v) is 12.6. The van der Waals surface area contributed by atoms with Gasteiger partial charge in [-0.15, -0.1) is 0 Å². The van der Waals surface area contributed by atoms with E-state index < -0.39 is 34.8 Å². The average Bonchev–Trinajstić information content (AvgIpc) is 3.21. The highest BCUT2D eigenvalue weighted by atomic mass is 32.2. The summed E-state index contributed by atoms with van der Waals surface area (Å²) in [6.07, 6.45) is 2.84. The number of nitrogens with one attached hydrogen (secondary N) is 1. The van der Waals surface area contributed by atoms with Crippen LogP contribution < -0.4 is 11.1 Å². The third kappa shape index (κ3) is 5.09. The molecule has 29 heavy (non-hydrogen) atoms. The van der Waals surface area contributed by atoms with E-state index in [1.54, 1.807) is 11.8 Å². The van der Waals surface area contributed by atoms with Crippen LogP contribution in [0.25, 0.3) is 0 Å². The van der Waals surface area contributed by atoms with E-state index >= 15 is 0 Å². The molecule has 13 heteroatoms. The number of thioether (sulfide) groups is 1. The second-order valence-corrected chi connectivity index (χ2v) is 11.6. The van der Waals surface area contributed by atoms with Crippen LogP contribution in [0.3, 0.4) is 0 Å². The number of hydrogen-bond donors (Lipinski definition) is 5. The minimum absolute atomic E-state index is 0.0289. The van der Waals surface area contributed by atoms with Crippen molar-refractivity contribution in [2.75, 3.05) is 38.5 Å². The lowest BCUT2D eigenvalue weighted by Crippen LogP contribution is -2.62. The summed E-state index contributed by atoms with van der Waals surface area (Å²) in [4.78, 5) is 11.9. The van der Waals surface area contributed by atoms with Gasteiger partial charge in [0.25, 0.3) is 10.2 Å². The Morgan fingerprint density at radius 1 is 1.38 bits per heavy atom. The predicted molar refractivity (Wildman–Crippen MR) is 112 cm³/mol. The second-order valence-electron chi connectivity index (χ2n) is 8.27. The Balaban J connectivity index is 1.75. The number of carboxylic acids is 1. The monoisotopic (exact) mass is 450 g/mol. The Bertz CT molecular complexity index is 689. The smallest absolute Gasteiger partial charge is 0.451 e. The number of carboxylic acid groups (broad SMARTS) is 1. The van der Waals surface area contributed by atoms with E-state index in [2.05, 4.69) is 5.32 Å². The molecule has 3 rings (SSSR count). The molecule has 0 aromatic rings. The summed E-state index contributed by atoms with van der Waals surface area (Å²) in [5, 5.41) is 31.1. The molecule has 1 unspecified atom stereocenters. The van der Waals surface area contributed by atoms with Crippen molar-refractivity contribution in [3.63, 3.8) is 0 Å². The first-order valence-electron chi connectivity index (χ1n) is 10.1. The van der Waals surface area contributed by atoms with Gasteiger partial charge in [0.1, 0.15) is 5.54 Å². The number of aliphatic carboxylic acids is 1. The summed E-state index contributed by atoms with van der Waals surface area (Å²) in [5.74, 6) is -0.779. The summed E-state index contributed by atoms with van der Waals surface area (Å²) in [6.45, 7) is 1.37. The number of nitrogens with zero attached hydrogens (tertiary/aromatic N) is 2. The molecule has 0 aromatic heterocycles. The standard InChI is InChI=1S/C16H31BN4O6S2/c18-16(15(22)23)11-20(9-12(16)3-1-5-17(24)25)29(26,27)21(13-7-19-8-13)10-14-4-2-6-28-14/h12-14,19,24-25H,1-11,18H2,(H,22,23)/t12-,14?,16-/m0/s1. The summed E-state index contributed by atoms with van der Waals surface area (Å²) in [5.41, 5.74) is 4.49. The van der Waals surface area contributed by atoms with Crippen molar-refractivity contribution in [3.8, 4) is 0 Å². The van der Waals surface area contributed by atoms with E-state index in [9.17, 15) is 18.3 Å². The van der Waals surface area contributed by atoms with Crippen LogP contribution in [-0.4, -0.2) is 101 Å². The maximum Gasteiger partial charge on any atom is 0.451 e. The van der Waals surface area contributed by atoms with Crippen molar-refractivity contribution in [1.82, 2.24) is 13.9 Å². The molecule has 3 aliphatic heterocycles. The van der Waals surface area contributed by atoms with Gasteiger partial charge in [-0.3, -0.25) is 4.79 Å². The van der Waals surface area contributed by atoms with E-state index in [-0.39, 0.29) is 30.7 Å². The molecule has 3 aliphatic rings. The number of carbonyl (C=O) groups is 1. The fourth-order valence-corrected chi connectivity index (χ4v) is 7.55. The molecule has 6 N–H and O–H groups in total. The number of nitrogens with two attached hydrogens (primary N) is 1. The highest BCUT2D eigenvalue weighted by molar-refractivity contribution is 8.00. The maximum atomic E-state index is 13.5. The van der Waals surface area contributed by atoms with Gasteiger partial charge >= 0.3 is 13.1 Å². The third-order valence-electron chi connectivity index (χ3n) is 6.20. The first-order chi connectivity index (χ1) is 13.6. The van der Waals surface area contributed by atoms with E-state index in [1.165, 1.54) is 8.61 Å². The molecule has 0 amide bonds. The van der Waals surface area contributed by atoms with Gasteiger partial charge in [-0.2, -0.15) is 28.8 Å². The summed E-state index contributed by atoms with van der Waals surface area (Å²) < 4.78 is 29.7. The quantitative estimate of drug-likeness (QED) is 0.247. The van der Waals surface area contributed by atoms with Crippen LogP contribution in [0.2, 0.25) is 6.32 Å². The Morgan fingerprint density at radius 3 is 2.62 bits per heavy atom. The van der Waals surface area contributed by atoms with Crippen LogP contribution in [-0.2, 0) is 15.0 Å². The van der Waals surface area contributed by atoms with E-state index in [4.69, 9.17) is 15.8 Å². The molecule has 3 saturated heterocycles. The normalized spacial score (nSPS) is 31.3. The fourth-order valence-electron chi connectivity index (χ4n) is 4.25. The maximum absolute atomic E-state index is 13.5. The molecule has 0 aromatic carbocycles. The van der Waals surface area contributed by atoms with Crippen molar-refractivity contribution in [2.45, 2.75) is 48.8 Å². The highest BCUT2D eigenvalue weighted by Crippen LogP contribution is 2.35. The van der Waals surface area contributed by atoms with Crippen LogP contribution in [0, 0.1) is 5.92 Å². The van der Waals surface area contributed by atoms with E-state index in [0.717, 1.165) is 18.6 Å². The molecular formula is C16H31BN4O6S2. The minimum atomic E-state index is -3.86. The van der Waals surface area contributed by atoms with Crippen LogP contribution in [0.1, 0.15) is 25.7 Å². The highest BCUT2D eigenvalue weighted by Gasteiger charge is 2.54. The molecule has 0 radical (unpaired) electrons. The zero-order valence-corrected chi connectivity index (χ0v) is 18.1. The average molecular weight is 450 g/mol. The Hall–Kier alpha value is -0.405. The van der Waals surface area contributed by atoms with Gasteiger partial charge in [-0.05, 0) is 31.3 Å². The third-order valence-corrected chi connectivity index (χ3v) is 9.55. The fraction of sp³-hybridized carbons (Fsp3) is 0.938. The van der Waals surface area contributed by atoms with Gasteiger partial charge in [-0.25, -0.2) is 0 Å². The molecule has 10 nitrogen and oxygen atoms in total. The number of rotatable bonds is 10. The van der Waals surface area contributed by atoms with Gasteiger partial charge in [0, 0.05) is 43.9 Å². The van der Waals surface area contributed by atoms with Crippen molar-refractivity contribution in [2.24, 2.45) is 11.7 Å². The molecule has 166 valence electrons. The van der Waals surface area contributed by atoms with Crippen LogP contribution in [0.4, 0.5) is 0 Å². The lowest BCUT2D eigenvalue weighted by molar-refractivity contribution is -0.144. The van der Waals surface area contributed by atoms with Crippen LogP contribution >= 0.6 is 11.8 Å². The van der Waals surface area contributed by atoms with E-state index in [0.29, 0.717) is 32.5 Å². The minimum Gasteiger partial charge on any atom is -0.480 e. The number of hydrogen-bond acceptors (Lipinski definition) is 8. The lowest BCUT2D eigenvalue weighted by Gasteiger charge is -2.40. The SMILES string of the molecule is N[C@@]1(C(=O)O)CN(S(=O)(=O)N(CC2CCCS2)C2CNC2)C[C@@H]1CCCB(O)O. The molecule has 3 atom stereocenters. The van der Waals surface area contributed by atoms with Crippen molar-refractivity contribution in [1.29, 1.82) is 0 Å². The molecule has 0 spiro atoms. The van der Waals surface area contributed by atoms with E-state index in [1.807, 2.05) is 0 Å². The molecule has 0 bridgehead atoms. The molecule has 3 fully saturated rings. The van der Waals surface area contributed by atoms with Gasteiger partial charge in [0.15, 0.2) is 0 Å². The molecule has 0 aliphatic carbocycles. The zero-order chi connectivity index (χ0) is 21.2. The van der Waals surface area contributed by atoms with Crippen LogP contribution in [0.5, 0.6) is 0 Å². The molecule has 0 saturated carbocycles. The lowest BCUT2D eigenvalue weighted by atomic mass is 9.78. The van der Waals surface area contributed by atoms with Gasteiger partial charge in [0.2, 0.25) is 0 Å². The summed E-state index contributed by atoms with van der Waals surface area (Å²) >= 11 is 1.79. The van der Waals surface area contributed by atoms with Gasteiger partial charge in [0.05, 0.1) is 6.04 Å². The van der Waals surface area contributed by atoms with Crippen molar-refractivity contribution < 1.29 is 28.4 Å². The van der Waals surface area contributed by atoms with Crippen LogP contribution in [0.15, 0.2) is 0 Å². The topological polar surface area (TPSA) is 156 Å². The Morgan fingerprint density at radius 2 is 2.10 bits per heavy atom. The van der Waals surface area contributed by atoms with Crippen molar-refractivity contribution in [3.05, 3.63) is 0 Å². The second kappa shape index (κ2) is 9.39. The first kappa shape index (κ1) is 23.3. The summed E-state index contributed by atoms with van der Waals surface area (Å²) in [7, 11) is -5.33. The Kier molecular flexibility index (Phi) is 7.53. The Labute approximate surface area is 176 Å². The van der Waals surface area contributed by atoms with Gasteiger partial charge < -0.3 is 26.2 Å². The molecule has 3 heterocycles. The van der Waals surface area contributed by atoms with Gasteiger partial charge in [-0.1, -0.05) is 6.42 Å².